The van der Waals surface area contributed by atoms with Crippen molar-refractivity contribution < 1.29 is 9.59 Å². The number of unbranched alkanes of at least 4 members (excludes halogenated alkanes) is 1. The summed E-state index contributed by atoms with van der Waals surface area (Å²) < 4.78 is 1.71. The van der Waals surface area contributed by atoms with Crippen LogP contribution < -0.4 is 5.32 Å². The van der Waals surface area contributed by atoms with E-state index < -0.39 is 0 Å². The summed E-state index contributed by atoms with van der Waals surface area (Å²) in [4.78, 5) is 26.9. The van der Waals surface area contributed by atoms with E-state index in [1.54, 1.807) is 21.7 Å². The molecule has 0 radical (unpaired) electrons. The van der Waals surface area contributed by atoms with Gasteiger partial charge in [0.05, 0.1) is 17.9 Å². The van der Waals surface area contributed by atoms with Gasteiger partial charge in [-0.3, -0.25) is 9.59 Å². The van der Waals surface area contributed by atoms with Crippen molar-refractivity contribution in [2.75, 3.05) is 18.4 Å². The molecule has 1 N–H and O–H groups in total. The molecule has 2 amide bonds. The predicted octanol–water partition coefficient (Wildman–Crippen LogP) is 5.19. The van der Waals surface area contributed by atoms with Gasteiger partial charge in [0, 0.05) is 29.5 Å². The van der Waals surface area contributed by atoms with Gasteiger partial charge in [0.1, 0.15) is 5.82 Å². The second-order valence-corrected chi connectivity index (χ2v) is 8.96. The molecule has 0 bridgehead atoms. The van der Waals surface area contributed by atoms with Crippen molar-refractivity contribution in [2.24, 2.45) is 0 Å². The molecule has 0 unspecified atom stereocenters. The Balaban J connectivity index is 2.24. The van der Waals surface area contributed by atoms with Crippen LogP contribution in [-0.2, 0) is 15.0 Å². The summed E-state index contributed by atoms with van der Waals surface area (Å²) in [5.74, 6) is 0.365. The fourth-order valence-electron chi connectivity index (χ4n) is 3.02. The fourth-order valence-corrected chi connectivity index (χ4v) is 3.15. The average Bonchev–Trinajstić information content (AvgIpc) is 3.10. The summed E-state index contributed by atoms with van der Waals surface area (Å²) in [5, 5.41) is 8.29. The Morgan fingerprint density at radius 2 is 1.80 bits per heavy atom. The Morgan fingerprint density at radius 1 is 1.13 bits per heavy atom. The maximum absolute atomic E-state index is 12.8. The van der Waals surface area contributed by atoms with Crippen molar-refractivity contribution >= 4 is 29.2 Å². The van der Waals surface area contributed by atoms with Gasteiger partial charge in [-0.05, 0) is 37.1 Å². The van der Waals surface area contributed by atoms with Crippen LogP contribution in [0.2, 0.25) is 5.02 Å². The van der Waals surface area contributed by atoms with Gasteiger partial charge in [-0.25, -0.2) is 4.68 Å². The Morgan fingerprint density at radius 3 is 2.37 bits per heavy atom. The first kappa shape index (κ1) is 23.9. The number of nitrogens with zero attached hydrogens (tertiary/aromatic N) is 3. The second kappa shape index (κ2) is 10.6. The molecule has 0 aliphatic carbocycles. The van der Waals surface area contributed by atoms with Gasteiger partial charge in [-0.2, -0.15) is 5.10 Å². The smallest absolute Gasteiger partial charge is 0.245 e. The predicted molar refractivity (Wildman–Crippen MR) is 122 cm³/mol. The highest BCUT2D eigenvalue weighted by Gasteiger charge is 2.22. The van der Waals surface area contributed by atoms with Gasteiger partial charge in [-0.1, -0.05) is 52.6 Å². The van der Waals surface area contributed by atoms with Crippen LogP contribution in [0.5, 0.6) is 0 Å². The number of amides is 2. The monoisotopic (exact) mass is 432 g/mol. The first-order valence-corrected chi connectivity index (χ1v) is 11.0. The molecule has 1 heterocycles. The van der Waals surface area contributed by atoms with Crippen molar-refractivity contribution in [3.05, 3.63) is 41.0 Å². The quantitative estimate of drug-likeness (QED) is 0.592. The molecule has 1 aromatic heterocycles. The number of carbonyl (C=O) groups excluding carboxylic acids is 2. The molecule has 2 rings (SSSR count). The first-order valence-electron chi connectivity index (χ1n) is 10.6. The Kier molecular flexibility index (Phi) is 8.47. The Labute approximate surface area is 184 Å². The zero-order valence-electron chi connectivity index (χ0n) is 18.7. The maximum Gasteiger partial charge on any atom is 0.245 e. The van der Waals surface area contributed by atoms with E-state index in [1.807, 2.05) is 25.1 Å². The fraction of sp³-hybridized carbons (Fsp3) is 0.522. The number of hydrogen-bond donors (Lipinski definition) is 1. The molecule has 0 aliphatic heterocycles. The highest BCUT2D eigenvalue weighted by molar-refractivity contribution is 6.30. The zero-order chi connectivity index (χ0) is 22.3. The summed E-state index contributed by atoms with van der Waals surface area (Å²) in [6, 6.07) is 9.17. The van der Waals surface area contributed by atoms with Crippen LogP contribution in [0.15, 0.2) is 30.3 Å². The molecule has 6 nitrogen and oxygen atoms in total. The minimum absolute atomic E-state index is 0.0236. The molecular weight excluding hydrogens is 400 g/mol. The molecular formula is C23H33ClN4O2. The molecule has 0 fully saturated rings. The third kappa shape index (κ3) is 6.59. The van der Waals surface area contributed by atoms with Crippen molar-refractivity contribution in [3.63, 3.8) is 0 Å². The van der Waals surface area contributed by atoms with E-state index in [0.29, 0.717) is 23.8 Å². The van der Waals surface area contributed by atoms with Crippen molar-refractivity contribution in [1.82, 2.24) is 14.7 Å². The van der Waals surface area contributed by atoms with Gasteiger partial charge >= 0.3 is 0 Å². The minimum Gasteiger partial charge on any atom is -0.333 e. The van der Waals surface area contributed by atoms with Crippen molar-refractivity contribution in [2.45, 2.75) is 65.7 Å². The highest BCUT2D eigenvalue weighted by Crippen LogP contribution is 2.26. The van der Waals surface area contributed by atoms with Crippen LogP contribution in [0.4, 0.5) is 5.82 Å². The molecule has 2 aromatic rings. The van der Waals surface area contributed by atoms with Gasteiger partial charge in [0.2, 0.25) is 11.8 Å². The summed E-state index contributed by atoms with van der Waals surface area (Å²) in [5.41, 5.74) is 1.48. The van der Waals surface area contributed by atoms with E-state index >= 15 is 0 Å². The summed E-state index contributed by atoms with van der Waals surface area (Å²) in [7, 11) is 0. The van der Waals surface area contributed by atoms with E-state index in [0.717, 1.165) is 30.6 Å². The number of rotatable bonds is 9. The molecule has 0 aliphatic rings. The number of hydrogen-bond acceptors (Lipinski definition) is 3. The lowest BCUT2D eigenvalue weighted by atomic mass is 9.92. The number of carbonyl (C=O) groups is 2. The third-order valence-electron chi connectivity index (χ3n) is 4.74. The van der Waals surface area contributed by atoms with Gasteiger partial charge in [0.15, 0.2) is 0 Å². The Bertz CT molecular complexity index is 853. The van der Waals surface area contributed by atoms with Gasteiger partial charge in [-0.15, -0.1) is 0 Å². The van der Waals surface area contributed by atoms with E-state index in [2.05, 4.69) is 33.0 Å². The van der Waals surface area contributed by atoms with Gasteiger partial charge in [0.25, 0.3) is 0 Å². The molecule has 7 heteroatoms. The molecule has 1 aromatic carbocycles. The molecule has 30 heavy (non-hydrogen) atoms. The van der Waals surface area contributed by atoms with Gasteiger partial charge < -0.3 is 10.2 Å². The minimum atomic E-state index is -0.233. The average molecular weight is 433 g/mol. The summed E-state index contributed by atoms with van der Waals surface area (Å²) >= 11 is 6.02. The van der Waals surface area contributed by atoms with Crippen LogP contribution in [0.1, 0.15) is 66.0 Å². The standard InChI is InChI=1S/C23H33ClN4O2/c1-6-8-9-22(30)27(14-7-2)16-21(29)25-20-15-19(23(3,4)5)26-28(20)18-12-10-17(24)11-13-18/h10-13,15H,6-9,14,16H2,1-5H3,(H,25,29). The zero-order valence-corrected chi connectivity index (χ0v) is 19.4. The van der Waals surface area contributed by atoms with Crippen LogP contribution in [-0.4, -0.2) is 39.6 Å². The van der Waals surface area contributed by atoms with Crippen LogP contribution >= 0.6 is 11.6 Å². The lowest BCUT2D eigenvalue weighted by Gasteiger charge is -2.21. The van der Waals surface area contributed by atoms with E-state index in [4.69, 9.17) is 16.7 Å². The highest BCUT2D eigenvalue weighted by atomic mass is 35.5. The number of benzene rings is 1. The van der Waals surface area contributed by atoms with Crippen LogP contribution in [0.25, 0.3) is 5.69 Å². The molecule has 0 saturated carbocycles. The summed E-state index contributed by atoms with van der Waals surface area (Å²) in [6.07, 6.45) is 3.06. The van der Waals surface area contributed by atoms with Crippen LogP contribution in [0, 0.1) is 0 Å². The largest absolute Gasteiger partial charge is 0.333 e. The number of nitrogens with one attached hydrogen (secondary N) is 1. The second-order valence-electron chi connectivity index (χ2n) is 8.52. The van der Waals surface area contributed by atoms with E-state index in [9.17, 15) is 9.59 Å². The SMILES string of the molecule is CCCCC(=O)N(CCC)CC(=O)Nc1cc(C(C)(C)C)nn1-c1ccc(Cl)cc1. The lowest BCUT2D eigenvalue weighted by Crippen LogP contribution is -2.38. The molecule has 0 spiro atoms. The maximum atomic E-state index is 12.8. The molecule has 0 saturated heterocycles. The number of anilines is 1. The first-order chi connectivity index (χ1) is 14.2. The topological polar surface area (TPSA) is 67.2 Å². The number of aromatic nitrogens is 2. The van der Waals surface area contributed by atoms with E-state index in [-0.39, 0.29) is 23.8 Å². The molecule has 0 atom stereocenters. The van der Waals surface area contributed by atoms with Crippen LogP contribution in [0.3, 0.4) is 0 Å². The normalized spacial score (nSPS) is 11.4. The van der Waals surface area contributed by atoms with E-state index in [1.165, 1.54) is 0 Å². The number of halogens is 1. The molecule has 164 valence electrons. The van der Waals surface area contributed by atoms with Crippen molar-refractivity contribution in [1.29, 1.82) is 0 Å². The lowest BCUT2D eigenvalue weighted by molar-refractivity contribution is -0.134. The summed E-state index contributed by atoms with van der Waals surface area (Å²) in [6.45, 7) is 10.9. The Hall–Kier alpha value is -2.34. The third-order valence-corrected chi connectivity index (χ3v) is 4.99. The van der Waals surface area contributed by atoms with Crippen molar-refractivity contribution in [3.8, 4) is 5.69 Å².